The number of aromatic nitrogens is 2. The number of rotatable bonds is 2. The van der Waals surface area contributed by atoms with E-state index in [0.717, 1.165) is 0 Å². The highest BCUT2D eigenvalue weighted by atomic mass is 15.1. The summed E-state index contributed by atoms with van der Waals surface area (Å²) >= 11 is 0. The Labute approximate surface area is 61.1 Å². The second-order valence-corrected chi connectivity index (χ2v) is 2.44. The van der Waals surface area contributed by atoms with Gasteiger partial charge in [0.15, 0.2) is 0 Å². The van der Waals surface area contributed by atoms with Crippen molar-refractivity contribution in [3.63, 3.8) is 0 Å². The molecular weight excluding hydrogens is 126 g/mol. The van der Waals surface area contributed by atoms with Crippen molar-refractivity contribution >= 4 is 0 Å². The normalized spacial score (nSPS) is 13.5. The molecule has 1 aromatic heterocycles. The summed E-state index contributed by atoms with van der Waals surface area (Å²) < 4.78 is 2.02. The summed E-state index contributed by atoms with van der Waals surface area (Å²) in [5.74, 6) is 0. The highest BCUT2D eigenvalue weighted by molar-refractivity contribution is 5.02. The van der Waals surface area contributed by atoms with Gasteiger partial charge in [-0.15, -0.1) is 0 Å². The highest BCUT2D eigenvalue weighted by Crippen LogP contribution is 2.07. The molecule has 0 fully saturated rings. The SMILES string of the molecule is CNC(C)c1cncn1C. The Bertz CT molecular complexity index is 204. The summed E-state index contributed by atoms with van der Waals surface area (Å²) in [7, 11) is 3.94. The molecule has 1 atom stereocenters. The zero-order chi connectivity index (χ0) is 7.56. The van der Waals surface area contributed by atoms with Crippen molar-refractivity contribution in [2.24, 2.45) is 7.05 Å². The Kier molecular flexibility index (Phi) is 2.06. The van der Waals surface area contributed by atoms with Crippen LogP contribution in [0.25, 0.3) is 0 Å². The van der Waals surface area contributed by atoms with E-state index in [-0.39, 0.29) is 0 Å². The van der Waals surface area contributed by atoms with E-state index in [4.69, 9.17) is 0 Å². The predicted molar refractivity (Wildman–Crippen MR) is 40.7 cm³/mol. The number of nitrogens with zero attached hydrogens (tertiary/aromatic N) is 2. The van der Waals surface area contributed by atoms with Crippen LogP contribution >= 0.6 is 0 Å². The minimum Gasteiger partial charge on any atom is -0.336 e. The predicted octanol–water partition coefficient (Wildman–Crippen LogP) is 0.701. The van der Waals surface area contributed by atoms with E-state index in [2.05, 4.69) is 17.2 Å². The Morgan fingerprint density at radius 3 is 2.80 bits per heavy atom. The Morgan fingerprint density at radius 1 is 1.70 bits per heavy atom. The summed E-state index contributed by atoms with van der Waals surface area (Å²) in [5, 5.41) is 3.15. The molecule has 0 saturated heterocycles. The summed E-state index contributed by atoms with van der Waals surface area (Å²) in [4.78, 5) is 4.01. The number of hydrogen-bond acceptors (Lipinski definition) is 2. The first-order valence-corrected chi connectivity index (χ1v) is 3.39. The number of aryl methyl sites for hydroxylation is 1. The molecule has 1 N–H and O–H groups in total. The van der Waals surface area contributed by atoms with E-state index in [0.29, 0.717) is 6.04 Å². The molecule has 0 saturated carbocycles. The zero-order valence-corrected chi connectivity index (χ0v) is 6.63. The average molecular weight is 139 g/mol. The molecule has 0 aromatic carbocycles. The summed E-state index contributed by atoms with van der Waals surface area (Å²) in [6.45, 7) is 2.11. The number of hydrogen-bond donors (Lipinski definition) is 1. The van der Waals surface area contributed by atoms with Crippen molar-refractivity contribution in [3.05, 3.63) is 18.2 Å². The maximum atomic E-state index is 4.01. The third-order valence-electron chi connectivity index (χ3n) is 1.73. The van der Waals surface area contributed by atoms with Crippen LogP contribution in [-0.4, -0.2) is 16.6 Å². The molecule has 0 aliphatic carbocycles. The first-order valence-electron chi connectivity index (χ1n) is 3.39. The van der Waals surface area contributed by atoms with Crippen LogP contribution in [0.5, 0.6) is 0 Å². The highest BCUT2D eigenvalue weighted by Gasteiger charge is 2.04. The Balaban J connectivity index is 2.82. The van der Waals surface area contributed by atoms with Gasteiger partial charge in [0, 0.05) is 19.3 Å². The van der Waals surface area contributed by atoms with E-state index in [1.807, 2.05) is 31.2 Å². The fraction of sp³-hybridized carbons (Fsp3) is 0.571. The van der Waals surface area contributed by atoms with Crippen LogP contribution in [-0.2, 0) is 7.05 Å². The van der Waals surface area contributed by atoms with Gasteiger partial charge in [0.2, 0.25) is 0 Å². The molecular formula is C7H13N3. The van der Waals surface area contributed by atoms with Crippen LogP contribution in [0.15, 0.2) is 12.5 Å². The maximum absolute atomic E-state index is 4.01. The van der Waals surface area contributed by atoms with Gasteiger partial charge in [-0.3, -0.25) is 0 Å². The molecule has 1 aromatic rings. The molecule has 1 heterocycles. The van der Waals surface area contributed by atoms with Gasteiger partial charge in [-0.25, -0.2) is 4.98 Å². The second-order valence-electron chi connectivity index (χ2n) is 2.44. The van der Waals surface area contributed by atoms with Crippen molar-refractivity contribution in [1.29, 1.82) is 0 Å². The lowest BCUT2D eigenvalue weighted by Gasteiger charge is -2.09. The molecule has 1 rings (SSSR count). The van der Waals surface area contributed by atoms with E-state index >= 15 is 0 Å². The van der Waals surface area contributed by atoms with Gasteiger partial charge in [-0.1, -0.05) is 0 Å². The largest absolute Gasteiger partial charge is 0.336 e. The van der Waals surface area contributed by atoms with Crippen molar-refractivity contribution in [2.45, 2.75) is 13.0 Å². The molecule has 3 heteroatoms. The van der Waals surface area contributed by atoms with Gasteiger partial charge < -0.3 is 9.88 Å². The fourth-order valence-electron chi connectivity index (χ4n) is 0.933. The molecule has 0 spiro atoms. The zero-order valence-electron chi connectivity index (χ0n) is 6.63. The van der Waals surface area contributed by atoms with Gasteiger partial charge in [0.1, 0.15) is 0 Å². The summed E-state index contributed by atoms with van der Waals surface area (Å²) in [6, 6.07) is 0.382. The minimum atomic E-state index is 0.382. The lowest BCUT2D eigenvalue weighted by atomic mass is 10.2. The monoisotopic (exact) mass is 139 g/mol. The van der Waals surface area contributed by atoms with Crippen molar-refractivity contribution < 1.29 is 0 Å². The van der Waals surface area contributed by atoms with Crippen LogP contribution in [0.4, 0.5) is 0 Å². The van der Waals surface area contributed by atoms with Gasteiger partial charge in [0.25, 0.3) is 0 Å². The van der Waals surface area contributed by atoms with E-state index < -0.39 is 0 Å². The van der Waals surface area contributed by atoms with Gasteiger partial charge in [0.05, 0.1) is 12.0 Å². The van der Waals surface area contributed by atoms with Crippen molar-refractivity contribution in [2.75, 3.05) is 7.05 Å². The van der Waals surface area contributed by atoms with Crippen molar-refractivity contribution in [3.8, 4) is 0 Å². The van der Waals surface area contributed by atoms with E-state index in [1.165, 1.54) is 5.69 Å². The third kappa shape index (κ3) is 1.19. The Hall–Kier alpha value is -0.830. The van der Waals surface area contributed by atoms with Crippen LogP contribution in [0.3, 0.4) is 0 Å². The molecule has 0 aliphatic rings. The molecule has 56 valence electrons. The number of nitrogens with one attached hydrogen (secondary N) is 1. The molecule has 0 aliphatic heterocycles. The smallest absolute Gasteiger partial charge is 0.0946 e. The van der Waals surface area contributed by atoms with Crippen LogP contribution in [0.1, 0.15) is 18.7 Å². The van der Waals surface area contributed by atoms with Crippen molar-refractivity contribution in [1.82, 2.24) is 14.9 Å². The quantitative estimate of drug-likeness (QED) is 0.653. The molecule has 1 unspecified atom stereocenters. The fourth-order valence-corrected chi connectivity index (χ4v) is 0.933. The Morgan fingerprint density at radius 2 is 2.40 bits per heavy atom. The summed E-state index contributed by atoms with van der Waals surface area (Å²) in [5.41, 5.74) is 1.21. The van der Waals surface area contributed by atoms with Gasteiger partial charge in [-0.05, 0) is 14.0 Å². The summed E-state index contributed by atoms with van der Waals surface area (Å²) in [6.07, 6.45) is 3.68. The molecule has 0 bridgehead atoms. The third-order valence-corrected chi connectivity index (χ3v) is 1.73. The van der Waals surface area contributed by atoms with Crippen LogP contribution < -0.4 is 5.32 Å². The standard InChI is InChI=1S/C7H13N3/c1-6(8-2)7-4-9-5-10(7)3/h4-6,8H,1-3H3. The minimum absolute atomic E-state index is 0.382. The van der Waals surface area contributed by atoms with Crippen LogP contribution in [0.2, 0.25) is 0 Å². The lowest BCUT2D eigenvalue weighted by molar-refractivity contribution is 0.605. The lowest BCUT2D eigenvalue weighted by Crippen LogP contribution is -2.15. The maximum Gasteiger partial charge on any atom is 0.0946 e. The molecule has 0 radical (unpaired) electrons. The molecule has 3 nitrogen and oxygen atoms in total. The van der Waals surface area contributed by atoms with Gasteiger partial charge in [-0.2, -0.15) is 0 Å². The van der Waals surface area contributed by atoms with Gasteiger partial charge >= 0.3 is 0 Å². The molecule has 0 amide bonds. The average Bonchev–Trinajstić information content (AvgIpc) is 2.34. The second kappa shape index (κ2) is 2.84. The van der Waals surface area contributed by atoms with E-state index in [9.17, 15) is 0 Å². The first-order chi connectivity index (χ1) is 4.75. The topological polar surface area (TPSA) is 29.9 Å². The number of imidazole rings is 1. The molecule has 10 heavy (non-hydrogen) atoms. The van der Waals surface area contributed by atoms with E-state index in [1.54, 1.807) is 0 Å². The first kappa shape index (κ1) is 7.28. The van der Waals surface area contributed by atoms with Crippen LogP contribution in [0, 0.1) is 0 Å².